The molecule has 1 saturated heterocycles. The Kier molecular flexibility index (Phi) is 4.06. The number of rotatable bonds is 3. The van der Waals surface area contributed by atoms with Gasteiger partial charge in [0.15, 0.2) is 5.88 Å². The van der Waals surface area contributed by atoms with E-state index in [1.807, 2.05) is 39.1 Å². The molecule has 0 saturated carbocycles. The van der Waals surface area contributed by atoms with Crippen molar-refractivity contribution in [3.8, 4) is 0 Å². The fraction of sp³-hybridized carbons (Fsp3) is 0.533. The average molecular weight is 276 g/mol. The maximum atomic E-state index is 5.82. The summed E-state index contributed by atoms with van der Waals surface area (Å²) in [6.07, 6.45) is 1.82. The molecule has 0 amide bonds. The lowest BCUT2D eigenvalue weighted by molar-refractivity contribution is 0.00167. The highest BCUT2D eigenvalue weighted by atomic mass is 16.5. The molecule has 2 N–H and O–H groups in total. The Morgan fingerprint density at radius 2 is 1.90 bits per heavy atom. The van der Waals surface area contributed by atoms with Crippen LogP contribution in [0.25, 0.3) is 0 Å². The van der Waals surface area contributed by atoms with Gasteiger partial charge in [-0.25, -0.2) is 4.98 Å². The summed E-state index contributed by atoms with van der Waals surface area (Å²) in [5.41, 5.74) is 6.52. The normalized spacial score (nSPS) is 16.1. The number of anilines is 2. The summed E-state index contributed by atoms with van der Waals surface area (Å²) in [4.78, 5) is 8.62. The van der Waals surface area contributed by atoms with Gasteiger partial charge in [0, 0.05) is 26.2 Å². The number of nitrogens with zero attached hydrogens (tertiary/aromatic N) is 3. The maximum Gasteiger partial charge on any atom is 0.182 e. The monoisotopic (exact) mass is 276 g/mol. The lowest BCUT2D eigenvalue weighted by Crippen LogP contribution is -2.46. The van der Waals surface area contributed by atoms with Crippen LogP contribution in [0.1, 0.15) is 20.8 Å². The van der Waals surface area contributed by atoms with Crippen molar-refractivity contribution in [2.24, 2.45) is 0 Å². The van der Waals surface area contributed by atoms with E-state index >= 15 is 0 Å². The second-order valence-corrected chi connectivity index (χ2v) is 6.02. The molecule has 1 fully saturated rings. The number of aromatic nitrogens is 1. The summed E-state index contributed by atoms with van der Waals surface area (Å²) in [5.74, 6) is 1.31. The van der Waals surface area contributed by atoms with Gasteiger partial charge in [-0.2, -0.15) is 0 Å². The maximum absolute atomic E-state index is 5.82. The molecule has 1 aromatic heterocycles. The first kappa shape index (κ1) is 14.5. The van der Waals surface area contributed by atoms with Crippen LogP contribution in [0.2, 0.25) is 0 Å². The Balaban J connectivity index is 1.89. The second kappa shape index (κ2) is 5.61. The predicted octanol–water partition coefficient (Wildman–Crippen LogP) is 2.07. The van der Waals surface area contributed by atoms with Crippen LogP contribution < -0.4 is 10.6 Å². The van der Waals surface area contributed by atoms with Crippen molar-refractivity contribution in [1.82, 2.24) is 9.88 Å². The third-order valence-electron chi connectivity index (χ3n) is 3.19. The lowest BCUT2D eigenvalue weighted by Gasteiger charge is -2.39. The molecule has 0 aromatic carbocycles. The molecule has 0 unspecified atom stereocenters. The molecule has 5 nitrogen and oxygen atoms in total. The van der Waals surface area contributed by atoms with E-state index in [0.29, 0.717) is 5.82 Å². The van der Waals surface area contributed by atoms with Gasteiger partial charge in [-0.05, 0) is 39.5 Å². The van der Waals surface area contributed by atoms with Crippen molar-refractivity contribution >= 4 is 11.5 Å². The molecule has 2 rings (SSSR count). The molecule has 20 heavy (non-hydrogen) atoms. The number of piperazine rings is 1. The molecule has 0 radical (unpaired) electrons. The molecule has 0 bridgehead atoms. The van der Waals surface area contributed by atoms with Gasteiger partial charge in [0.2, 0.25) is 0 Å². The minimum Gasteiger partial charge on any atom is -0.474 e. The third kappa shape index (κ3) is 3.79. The van der Waals surface area contributed by atoms with Crippen LogP contribution in [0.4, 0.5) is 11.5 Å². The minimum atomic E-state index is -0.199. The number of hydrogen-bond donors (Lipinski definition) is 1. The molecule has 2 heterocycles. The van der Waals surface area contributed by atoms with Gasteiger partial charge in [-0.1, -0.05) is 0 Å². The van der Waals surface area contributed by atoms with E-state index in [1.54, 1.807) is 0 Å². The number of nitrogen functional groups attached to an aromatic ring is 1. The van der Waals surface area contributed by atoms with E-state index in [-0.39, 0.29) is 5.60 Å². The highest BCUT2D eigenvalue weighted by molar-refractivity contribution is 5.48. The molecule has 110 valence electrons. The Hall–Kier alpha value is -1.91. The van der Waals surface area contributed by atoms with Crippen LogP contribution in [-0.4, -0.2) is 41.7 Å². The van der Waals surface area contributed by atoms with Crippen molar-refractivity contribution in [2.75, 3.05) is 36.8 Å². The molecular formula is C15H24N4O. The molecule has 1 aliphatic heterocycles. The van der Waals surface area contributed by atoms with E-state index < -0.39 is 0 Å². The third-order valence-corrected chi connectivity index (χ3v) is 3.19. The zero-order valence-corrected chi connectivity index (χ0v) is 12.6. The van der Waals surface area contributed by atoms with Gasteiger partial charge in [0.1, 0.15) is 11.4 Å². The van der Waals surface area contributed by atoms with E-state index in [4.69, 9.17) is 10.5 Å². The van der Waals surface area contributed by atoms with Crippen LogP contribution in [-0.2, 0) is 4.74 Å². The summed E-state index contributed by atoms with van der Waals surface area (Å²) >= 11 is 0. The number of nitrogens with two attached hydrogens (primary N) is 1. The predicted molar refractivity (Wildman–Crippen MR) is 82.4 cm³/mol. The Morgan fingerprint density at radius 1 is 1.25 bits per heavy atom. The van der Waals surface area contributed by atoms with Crippen molar-refractivity contribution < 1.29 is 4.74 Å². The average Bonchev–Trinajstić information content (AvgIpc) is 2.38. The van der Waals surface area contributed by atoms with Crippen LogP contribution in [0, 0.1) is 0 Å². The van der Waals surface area contributed by atoms with Gasteiger partial charge < -0.3 is 20.3 Å². The zero-order chi connectivity index (χ0) is 14.8. The summed E-state index contributed by atoms with van der Waals surface area (Å²) in [5, 5.41) is 0. The van der Waals surface area contributed by atoms with Crippen LogP contribution in [0.5, 0.6) is 0 Å². The van der Waals surface area contributed by atoms with Crippen LogP contribution >= 0.6 is 0 Å². The second-order valence-electron chi connectivity index (χ2n) is 6.02. The highest BCUT2D eigenvalue weighted by Crippen LogP contribution is 2.20. The van der Waals surface area contributed by atoms with Crippen molar-refractivity contribution in [2.45, 2.75) is 26.4 Å². The summed E-state index contributed by atoms with van der Waals surface area (Å²) < 4.78 is 5.82. The van der Waals surface area contributed by atoms with Gasteiger partial charge in [-0.3, -0.25) is 0 Å². The molecule has 0 aliphatic carbocycles. The van der Waals surface area contributed by atoms with Crippen LogP contribution in [0.3, 0.4) is 0 Å². The van der Waals surface area contributed by atoms with Crippen molar-refractivity contribution in [3.63, 3.8) is 0 Å². The largest absolute Gasteiger partial charge is 0.474 e. The quantitative estimate of drug-likeness (QED) is 0.857. The standard InChI is InChI=1S/C15H24N4O/c1-12(20-15(2,3)4)18-7-9-19(10-8-18)13-5-6-14(16)17-11-13/h5-6,11H,1,7-10H2,2-4H3,(H2,16,17). The number of pyridine rings is 1. The van der Waals surface area contributed by atoms with Crippen molar-refractivity contribution in [1.29, 1.82) is 0 Å². The fourth-order valence-electron chi connectivity index (χ4n) is 2.22. The van der Waals surface area contributed by atoms with Gasteiger partial charge in [-0.15, -0.1) is 0 Å². The number of hydrogen-bond acceptors (Lipinski definition) is 5. The lowest BCUT2D eigenvalue weighted by atomic mass is 10.2. The molecular weight excluding hydrogens is 252 g/mol. The van der Waals surface area contributed by atoms with Gasteiger partial charge in [0.05, 0.1) is 11.9 Å². The Bertz CT molecular complexity index is 456. The first-order valence-corrected chi connectivity index (χ1v) is 6.94. The first-order chi connectivity index (χ1) is 9.35. The van der Waals surface area contributed by atoms with E-state index in [0.717, 1.165) is 37.7 Å². The molecule has 5 heteroatoms. The summed E-state index contributed by atoms with van der Waals surface area (Å²) in [7, 11) is 0. The van der Waals surface area contributed by atoms with E-state index in [9.17, 15) is 0 Å². The van der Waals surface area contributed by atoms with Gasteiger partial charge >= 0.3 is 0 Å². The fourth-order valence-corrected chi connectivity index (χ4v) is 2.22. The smallest absolute Gasteiger partial charge is 0.182 e. The molecule has 1 aliphatic rings. The first-order valence-electron chi connectivity index (χ1n) is 6.94. The Morgan fingerprint density at radius 3 is 2.40 bits per heavy atom. The highest BCUT2D eigenvalue weighted by Gasteiger charge is 2.22. The molecule has 0 spiro atoms. The van der Waals surface area contributed by atoms with E-state index in [2.05, 4.69) is 21.4 Å². The molecule has 0 atom stereocenters. The topological polar surface area (TPSA) is 54.6 Å². The zero-order valence-electron chi connectivity index (χ0n) is 12.6. The van der Waals surface area contributed by atoms with Gasteiger partial charge in [0.25, 0.3) is 0 Å². The van der Waals surface area contributed by atoms with Crippen LogP contribution in [0.15, 0.2) is 30.8 Å². The summed E-state index contributed by atoms with van der Waals surface area (Å²) in [6.45, 7) is 13.8. The number of ether oxygens (including phenoxy) is 1. The SMILES string of the molecule is C=C(OC(C)(C)C)N1CCN(c2ccc(N)nc2)CC1. The summed E-state index contributed by atoms with van der Waals surface area (Å²) in [6, 6.07) is 3.85. The van der Waals surface area contributed by atoms with Crippen molar-refractivity contribution in [3.05, 3.63) is 30.8 Å². The minimum absolute atomic E-state index is 0.199. The van der Waals surface area contributed by atoms with E-state index in [1.165, 1.54) is 0 Å². The molecule has 1 aromatic rings. The Labute approximate surface area is 121 Å².